The fourth-order valence-electron chi connectivity index (χ4n) is 1.74. The van der Waals surface area contributed by atoms with E-state index in [1.165, 1.54) is 0 Å². The van der Waals surface area contributed by atoms with E-state index < -0.39 is 4.92 Å². The van der Waals surface area contributed by atoms with Gasteiger partial charge in [-0.3, -0.25) is 14.9 Å². The van der Waals surface area contributed by atoms with E-state index in [0.29, 0.717) is 31.4 Å². The number of carbonyl (C=O) groups excluding carboxylic acids is 1. The van der Waals surface area contributed by atoms with Crippen LogP contribution in [0, 0.1) is 10.1 Å². The third kappa shape index (κ3) is 4.55. The molecule has 9 nitrogen and oxygen atoms in total. The maximum Gasteiger partial charge on any atom is 0.329 e. The Labute approximate surface area is 121 Å². The van der Waals surface area contributed by atoms with Gasteiger partial charge in [0.1, 0.15) is 6.20 Å². The maximum absolute atomic E-state index is 11.5. The van der Waals surface area contributed by atoms with Crippen molar-refractivity contribution in [1.29, 1.82) is 0 Å². The number of hydrogen-bond acceptors (Lipinski definition) is 7. The van der Waals surface area contributed by atoms with E-state index in [0.717, 1.165) is 19.0 Å². The van der Waals surface area contributed by atoms with Crippen molar-refractivity contribution in [2.45, 2.75) is 31.7 Å². The summed E-state index contributed by atoms with van der Waals surface area (Å²) in [5, 5.41) is 19.4. The predicted molar refractivity (Wildman–Crippen MR) is 77.1 cm³/mol. The van der Waals surface area contributed by atoms with Gasteiger partial charge in [-0.15, -0.1) is 0 Å². The summed E-state index contributed by atoms with van der Waals surface area (Å²) in [7, 11) is 1.63. The molecule has 1 aromatic heterocycles. The highest BCUT2D eigenvalue weighted by atomic mass is 16.6. The zero-order valence-electron chi connectivity index (χ0n) is 11.8. The summed E-state index contributed by atoms with van der Waals surface area (Å²) in [5.41, 5.74) is -0.184. The van der Waals surface area contributed by atoms with E-state index in [2.05, 4.69) is 25.9 Å². The first-order valence-corrected chi connectivity index (χ1v) is 6.82. The van der Waals surface area contributed by atoms with Gasteiger partial charge in [0.05, 0.1) is 4.92 Å². The second kappa shape index (κ2) is 6.82. The maximum atomic E-state index is 11.5. The van der Waals surface area contributed by atoms with E-state index >= 15 is 0 Å². The molecule has 9 heteroatoms. The summed E-state index contributed by atoms with van der Waals surface area (Å²) >= 11 is 0. The average molecular weight is 294 g/mol. The van der Waals surface area contributed by atoms with Crippen LogP contribution in [0.3, 0.4) is 0 Å². The third-order valence-corrected chi connectivity index (χ3v) is 3.01. The van der Waals surface area contributed by atoms with Gasteiger partial charge in [-0.05, 0) is 19.3 Å². The van der Waals surface area contributed by atoms with Crippen LogP contribution in [0.4, 0.5) is 17.5 Å². The zero-order chi connectivity index (χ0) is 15.2. The van der Waals surface area contributed by atoms with Crippen LogP contribution in [-0.4, -0.2) is 40.4 Å². The molecule has 0 aliphatic heterocycles. The molecule has 21 heavy (non-hydrogen) atoms. The SMILES string of the molecule is CNc1ncc([N+](=O)[O-])c(NCCCC(=O)NC2CC2)n1. The average Bonchev–Trinajstić information content (AvgIpc) is 3.27. The molecule has 0 saturated heterocycles. The smallest absolute Gasteiger partial charge is 0.329 e. The molecule has 1 heterocycles. The summed E-state index contributed by atoms with van der Waals surface area (Å²) in [5.74, 6) is 0.476. The number of nitrogens with zero attached hydrogens (tertiary/aromatic N) is 3. The molecule has 1 aromatic rings. The number of rotatable bonds is 8. The van der Waals surface area contributed by atoms with Gasteiger partial charge in [0, 0.05) is 26.1 Å². The summed E-state index contributed by atoms with van der Waals surface area (Å²) in [6, 6.07) is 0.353. The Bertz CT molecular complexity index is 532. The molecule has 114 valence electrons. The number of nitro groups is 1. The molecule has 1 fully saturated rings. The van der Waals surface area contributed by atoms with Gasteiger partial charge < -0.3 is 16.0 Å². The Morgan fingerprint density at radius 2 is 2.29 bits per heavy atom. The van der Waals surface area contributed by atoms with E-state index in [-0.39, 0.29) is 17.4 Å². The lowest BCUT2D eigenvalue weighted by molar-refractivity contribution is -0.384. The van der Waals surface area contributed by atoms with Crippen molar-refractivity contribution in [2.24, 2.45) is 0 Å². The first-order chi connectivity index (χ1) is 10.1. The normalized spacial score (nSPS) is 13.6. The summed E-state index contributed by atoms with van der Waals surface area (Å²) in [4.78, 5) is 29.7. The molecule has 2 rings (SSSR count). The van der Waals surface area contributed by atoms with Gasteiger partial charge in [-0.1, -0.05) is 0 Å². The van der Waals surface area contributed by atoms with Crippen LogP contribution in [-0.2, 0) is 4.79 Å². The lowest BCUT2D eigenvalue weighted by Crippen LogP contribution is -2.25. The highest BCUT2D eigenvalue weighted by Gasteiger charge is 2.22. The van der Waals surface area contributed by atoms with E-state index in [1.54, 1.807) is 7.05 Å². The first-order valence-electron chi connectivity index (χ1n) is 6.82. The number of amides is 1. The van der Waals surface area contributed by atoms with Crippen LogP contribution in [0.2, 0.25) is 0 Å². The Balaban J connectivity index is 1.83. The van der Waals surface area contributed by atoms with Gasteiger partial charge in [-0.25, -0.2) is 4.98 Å². The van der Waals surface area contributed by atoms with Crippen molar-refractivity contribution < 1.29 is 9.72 Å². The fraction of sp³-hybridized carbons (Fsp3) is 0.583. The molecule has 1 aliphatic rings. The minimum Gasteiger partial charge on any atom is -0.364 e. The van der Waals surface area contributed by atoms with Gasteiger partial charge >= 0.3 is 5.69 Å². The molecule has 0 aromatic carbocycles. The molecule has 0 bridgehead atoms. The molecule has 1 amide bonds. The second-order valence-electron chi connectivity index (χ2n) is 4.81. The van der Waals surface area contributed by atoms with Crippen molar-refractivity contribution in [3.8, 4) is 0 Å². The van der Waals surface area contributed by atoms with Crippen molar-refractivity contribution in [3.05, 3.63) is 16.3 Å². The highest BCUT2D eigenvalue weighted by molar-refractivity contribution is 5.76. The Kier molecular flexibility index (Phi) is 4.85. The molecule has 1 aliphatic carbocycles. The van der Waals surface area contributed by atoms with E-state index in [9.17, 15) is 14.9 Å². The first kappa shape index (κ1) is 14.9. The Morgan fingerprint density at radius 3 is 2.90 bits per heavy atom. The lowest BCUT2D eigenvalue weighted by atomic mass is 10.3. The molecule has 0 unspecified atom stereocenters. The fourth-order valence-corrected chi connectivity index (χ4v) is 1.74. The minimum atomic E-state index is -0.540. The number of carbonyl (C=O) groups is 1. The molecular weight excluding hydrogens is 276 g/mol. The largest absolute Gasteiger partial charge is 0.364 e. The van der Waals surface area contributed by atoms with Crippen molar-refractivity contribution >= 4 is 23.4 Å². The zero-order valence-corrected chi connectivity index (χ0v) is 11.8. The van der Waals surface area contributed by atoms with Crippen molar-refractivity contribution in [1.82, 2.24) is 15.3 Å². The van der Waals surface area contributed by atoms with Crippen LogP contribution >= 0.6 is 0 Å². The van der Waals surface area contributed by atoms with Crippen LogP contribution in [0.15, 0.2) is 6.20 Å². The van der Waals surface area contributed by atoms with Crippen molar-refractivity contribution in [3.63, 3.8) is 0 Å². The Hall–Kier alpha value is -2.45. The third-order valence-electron chi connectivity index (χ3n) is 3.01. The molecular formula is C12H18N6O3. The van der Waals surface area contributed by atoms with Gasteiger partial charge in [0.15, 0.2) is 0 Å². The molecule has 0 atom stereocenters. The summed E-state index contributed by atoms with van der Waals surface area (Å²) in [6.07, 6.45) is 4.24. The summed E-state index contributed by atoms with van der Waals surface area (Å²) < 4.78 is 0. The van der Waals surface area contributed by atoms with E-state index in [4.69, 9.17) is 0 Å². The predicted octanol–water partition coefficient (Wildman–Crippen LogP) is 0.897. The Morgan fingerprint density at radius 1 is 1.52 bits per heavy atom. The lowest BCUT2D eigenvalue weighted by Gasteiger charge is -2.07. The van der Waals surface area contributed by atoms with Gasteiger partial charge in [0.25, 0.3) is 0 Å². The second-order valence-corrected chi connectivity index (χ2v) is 4.81. The van der Waals surface area contributed by atoms with Crippen LogP contribution < -0.4 is 16.0 Å². The molecule has 1 saturated carbocycles. The monoisotopic (exact) mass is 294 g/mol. The standard InChI is InChI=1S/C12H18N6O3/c1-13-12-15-7-9(18(20)21)11(17-12)14-6-2-3-10(19)16-8-4-5-8/h7-8H,2-6H2,1H3,(H,16,19)(H2,13,14,15,17). The molecule has 0 radical (unpaired) electrons. The number of aromatic nitrogens is 2. The number of anilines is 2. The molecule has 0 spiro atoms. The van der Waals surface area contributed by atoms with Crippen molar-refractivity contribution in [2.75, 3.05) is 24.2 Å². The van der Waals surface area contributed by atoms with Crippen LogP contribution in [0.5, 0.6) is 0 Å². The molecule has 3 N–H and O–H groups in total. The minimum absolute atomic E-state index is 0.0207. The van der Waals surface area contributed by atoms with Crippen LogP contribution in [0.25, 0.3) is 0 Å². The van der Waals surface area contributed by atoms with Gasteiger partial charge in [-0.2, -0.15) is 4.98 Å². The van der Waals surface area contributed by atoms with E-state index in [1.807, 2.05) is 0 Å². The van der Waals surface area contributed by atoms with Crippen LogP contribution in [0.1, 0.15) is 25.7 Å². The topological polar surface area (TPSA) is 122 Å². The summed E-state index contributed by atoms with van der Waals surface area (Å²) in [6.45, 7) is 0.430. The highest BCUT2D eigenvalue weighted by Crippen LogP contribution is 2.22. The quantitative estimate of drug-likeness (QED) is 0.370. The number of hydrogen-bond donors (Lipinski definition) is 3. The van der Waals surface area contributed by atoms with Gasteiger partial charge in [0.2, 0.25) is 17.7 Å². The number of nitrogens with one attached hydrogen (secondary N) is 3.